The molecule has 0 aliphatic carbocycles. The molecule has 8 heteroatoms. The number of anilines is 1. The zero-order valence-corrected chi connectivity index (χ0v) is 20.3. The number of benzene rings is 2. The number of hydrogen-bond donors (Lipinski definition) is 1. The summed E-state index contributed by atoms with van der Waals surface area (Å²) in [4.78, 5) is 12.5. The number of carbonyl (C=O) groups is 1. The fraction of sp³-hybridized carbons (Fsp3) is 0.320. The van der Waals surface area contributed by atoms with Crippen molar-refractivity contribution in [3.63, 3.8) is 0 Å². The largest absolute Gasteiger partial charge is 0.497 e. The summed E-state index contributed by atoms with van der Waals surface area (Å²) < 4.78 is 13.2. The van der Waals surface area contributed by atoms with Crippen molar-refractivity contribution in [1.82, 2.24) is 14.8 Å². The van der Waals surface area contributed by atoms with Gasteiger partial charge < -0.3 is 14.8 Å². The van der Waals surface area contributed by atoms with Gasteiger partial charge in [0.05, 0.1) is 12.9 Å². The second-order valence-corrected chi connectivity index (χ2v) is 8.74. The van der Waals surface area contributed by atoms with Crippen molar-refractivity contribution in [2.75, 3.05) is 18.2 Å². The predicted molar refractivity (Wildman–Crippen MR) is 132 cm³/mol. The maximum atomic E-state index is 12.5. The van der Waals surface area contributed by atoms with Crippen LogP contribution in [0.25, 0.3) is 0 Å². The third kappa shape index (κ3) is 6.61. The molecule has 0 aliphatic heterocycles. The molecule has 33 heavy (non-hydrogen) atoms. The Labute approximate surface area is 199 Å². The lowest BCUT2D eigenvalue weighted by Crippen LogP contribution is -2.15. The van der Waals surface area contributed by atoms with Gasteiger partial charge in [-0.05, 0) is 42.7 Å². The Balaban J connectivity index is 1.64. The molecule has 3 aromatic rings. The lowest BCUT2D eigenvalue weighted by molar-refractivity contribution is -0.113. The molecule has 1 atom stereocenters. The summed E-state index contributed by atoms with van der Waals surface area (Å²) in [5.41, 5.74) is 2.01. The number of amides is 1. The van der Waals surface area contributed by atoms with Crippen LogP contribution in [0.4, 0.5) is 5.69 Å². The van der Waals surface area contributed by atoms with E-state index in [1.807, 2.05) is 60.0 Å². The second kappa shape index (κ2) is 11.6. The zero-order chi connectivity index (χ0) is 23.8. The first-order valence-corrected chi connectivity index (χ1v) is 11.8. The van der Waals surface area contributed by atoms with Crippen LogP contribution in [-0.4, -0.2) is 33.5 Å². The van der Waals surface area contributed by atoms with Crippen molar-refractivity contribution >= 4 is 23.4 Å². The standard InChI is InChI=1S/C25H30N4O3S/c1-6-14-29-24(18(4)32-22-9-7-8-21(15-22)31-5)27-28-25(29)33-16-23(30)26-20-12-10-19(11-13-20)17(2)3/h6-13,15,17-18H,1,14,16H2,2-5H3,(H,26,30). The van der Waals surface area contributed by atoms with Crippen LogP contribution in [0.2, 0.25) is 0 Å². The number of nitrogens with one attached hydrogen (secondary N) is 1. The van der Waals surface area contributed by atoms with Gasteiger partial charge in [0.25, 0.3) is 0 Å². The Hall–Kier alpha value is -3.26. The van der Waals surface area contributed by atoms with Crippen molar-refractivity contribution in [3.05, 3.63) is 72.6 Å². The van der Waals surface area contributed by atoms with Gasteiger partial charge in [-0.25, -0.2) is 0 Å². The van der Waals surface area contributed by atoms with Crippen molar-refractivity contribution in [2.45, 2.75) is 44.5 Å². The van der Waals surface area contributed by atoms with Gasteiger partial charge >= 0.3 is 0 Å². The minimum atomic E-state index is -0.354. The highest BCUT2D eigenvalue weighted by Gasteiger charge is 2.20. The van der Waals surface area contributed by atoms with E-state index < -0.39 is 0 Å². The molecule has 1 aromatic heterocycles. The summed E-state index contributed by atoms with van der Waals surface area (Å²) in [5.74, 6) is 2.61. The van der Waals surface area contributed by atoms with Crippen LogP contribution in [0, 0.1) is 0 Å². The SMILES string of the molecule is C=CCn1c(SCC(=O)Nc2ccc(C(C)C)cc2)nnc1C(C)Oc1cccc(OC)c1. The molecule has 0 aliphatic rings. The van der Waals surface area contributed by atoms with E-state index in [1.165, 1.54) is 17.3 Å². The molecule has 1 amide bonds. The molecule has 174 valence electrons. The molecule has 0 radical (unpaired) electrons. The van der Waals surface area contributed by atoms with Gasteiger partial charge in [-0.15, -0.1) is 16.8 Å². The van der Waals surface area contributed by atoms with E-state index in [1.54, 1.807) is 13.2 Å². The van der Waals surface area contributed by atoms with Crippen LogP contribution >= 0.6 is 11.8 Å². The first-order chi connectivity index (χ1) is 15.9. The summed E-state index contributed by atoms with van der Waals surface area (Å²) >= 11 is 1.33. The topological polar surface area (TPSA) is 78.3 Å². The minimum absolute atomic E-state index is 0.104. The number of aromatic nitrogens is 3. The fourth-order valence-corrected chi connectivity index (χ4v) is 3.97. The highest BCUT2D eigenvalue weighted by atomic mass is 32.2. The molecular formula is C25H30N4O3S. The average molecular weight is 467 g/mol. The first kappa shape index (κ1) is 24.4. The molecule has 0 saturated carbocycles. The summed E-state index contributed by atoms with van der Waals surface area (Å²) in [6.45, 7) is 10.5. The molecule has 0 bridgehead atoms. The van der Waals surface area contributed by atoms with Crippen molar-refractivity contribution in [3.8, 4) is 11.5 Å². The molecule has 0 spiro atoms. The van der Waals surface area contributed by atoms with Crippen molar-refractivity contribution in [1.29, 1.82) is 0 Å². The Morgan fingerprint density at radius 1 is 1.15 bits per heavy atom. The van der Waals surface area contributed by atoms with E-state index in [2.05, 4.69) is 35.9 Å². The summed E-state index contributed by atoms with van der Waals surface area (Å²) in [5, 5.41) is 12.2. The van der Waals surface area contributed by atoms with Gasteiger partial charge in [-0.2, -0.15) is 0 Å². The first-order valence-electron chi connectivity index (χ1n) is 10.8. The van der Waals surface area contributed by atoms with E-state index >= 15 is 0 Å². The van der Waals surface area contributed by atoms with E-state index in [0.29, 0.717) is 34.9 Å². The Morgan fingerprint density at radius 2 is 1.88 bits per heavy atom. The van der Waals surface area contributed by atoms with Gasteiger partial charge in [0.2, 0.25) is 5.91 Å². The van der Waals surface area contributed by atoms with E-state index in [9.17, 15) is 4.79 Å². The Kier molecular flexibility index (Phi) is 8.54. The molecule has 1 unspecified atom stereocenters. The average Bonchev–Trinajstić information content (AvgIpc) is 3.21. The molecule has 7 nitrogen and oxygen atoms in total. The molecular weight excluding hydrogens is 436 g/mol. The lowest BCUT2D eigenvalue weighted by atomic mass is 10.0. The van der Waals surface area contributed by atoms with Crippen LogP contribution in [0.1, 0.15) is 44.2 Å². The monoisotopic (exact) mass is 466 g/mol. The van der Waals surface area contributed by atoms with Crippen molar-refractivity contribution < 1.29 is 14.3 Å². The number of thioether (sulfide) groups is 1. The summed E-state index contributed by atoms with van der Waals surface area (Å²) in [6, 6.07) is 15.3. The van der Waals surface area contributed by atoms with E-state index in [0.717, 1.165) is 5.69 Å². The highest BCUT2D eigenvalue weighted by Crippen LogP contribution is 2.27. The predicted octanol–water partition coefficient (Wildman–Crippen LogP) is 5.47. The van der Waals surface area contributed by atoms with Gasteiger partial charge in [0.15, 0.2) is 17.1 Å². The second-order valence-electron chi connectivity index (χ2n) is 7.79. The van der Waals surface area contributed by atoms with Gasteiger partial charge in [-0.1, -0.05) is 49.9 Å². The summed E-state index contributed by atoms with van der Waals surface area (Å²) in [6.07, 6.45) is 1.41. The number of ether oxygens (including phenoxy) is 2. The number of methoxy groups -OCH3 is 1. The molecule has 3 rings (SSSR count). The van der Waals surface area contributed by atoms with Gasteiger partial charge in [0.1, 0.15) is 11.5 Å². The van der Waals surface area contributed by atoms with Crippen LogP contribution < -0.4 is 14.8 Å². The van der Waals surface area contributed by atoms with E-state index in [-0.39, 0.29) is 17.8 Å². The molecule has 1 N–H and O–H groups in total. The number of hydrogen-bond acceptors (Lipinski definition) is 6. The highest BCUT2D eigenvalue weighted by molar-refractivity contribution is 7.99. The molecule has 0 saturated heterocycles. The molecule has 2 aromatic carbocycles. The summed E-state index contributed by atoms with van der Waals surface area (Å²) in [7, 11) is 1.61. The van der Waals surface area contributed by atoms with Crippen LogP contribution in [0.15, 0.2) is 66.3 Å². The number of nitrogens with zero attached hydrogens (tertiary/aromatic N) is 3. The van der Waals surface area contributed by atoms with E-state index in [4.69, 9.17) is 9.47 Å². The maximum absolute atomic E-state index is 12.5. The van der Waals surface area contributed by atoms with Crippen LogP contribution in [0.5, 0.6) is 11.5 Å². The smallest absolute Gasteiger partial charge is 0.234 e. The third-order valence-electron chi connectivity index (χ3n) is 4.97. The number of carbonyl (C=O) groups excluding carboxylic acids is 1. The van der Waals surface area contributed by atoms with Crippen LogP contribution in [-0.2, 0) is 11.3 Å². The van der Waals surface area contributed by atoms with Crippen molar-refractivity contribution in [2.24, 2.45) is 0 Å². The zero-order valence-electron chi connectivity index (χ0n) is 19.4. The fourth-order valence-electron chi connectivity index (χ4n) is 3.22. The third-order valence-corrected chi connectivity index (χ3v) is 5.94. The Morgan fingerprint density at radius 3 is 2.55 bits per heavy atom. The van der Waals surface area contributed by atoms with Gasteiger partial charge in [0, 0.05) is 18.3 Å². The number of rotatable bonds is 11. The number of allylic oxidation sites excluding steroid dienone is 1. The molecule has 0 fully saturated rings. The lowest BCUT2D eigenvalue weighted by Gasteiger charge is -2.16. The maximum Gasteiger partial charge on any atom is 0.234 e. The molecule has 1 heterocycles. The quantitative estimate of drug-likeness (QED) is 0.298. The minimum Gasteiger partial charge on any atom is -0.497 e. The van der Waals surface area contributed by atoms with Crippen LogP contribution in [0.3, 0.4) is 0 Å². The normalized spacial score (nSPS) is 11.8. The Bertz CT molecular complexity index is 1080. The van der Waals surface area contributed by atoms with Gasteiger partial charge in [-0.3, -0.25) is 9.36 Å².